The molecular weight excluding hydrogens is 741 g/mol. The Morgan fingerprint density at radius 1 is 0.481 bits per heavy atom. The van der Waals surface area contributed by atoms with E-state index >= 15 is 0 Å². The van der Waals surface area contributed by atoms with Crippen molar-refractivity contribution < 1.29 is 27.8 Å². The van der Waals surface area contributed by atoms with Gasteiger partial charge in [-0.25, -0.2) is 0 Å². The summed E-state index contributed by atoms with van der Waals surface area (Å²) in [5.74, 6) is 2.49. The topological polar surface area (TPSA) is 152 Å². The van der Waals surface area contributed by atoms with E-state index in [4.69, 9.17) is 49.5 Å². The molecular formula is C39H39N6O6P3. The van der Waals surface area contributed by atoms with Gasteiger partial charge in [0.05, 0.1) is 0 Å². The molecule has 1 atom stereocenters. The number of hydrogen-bond acceptors (Lipinski definition) is 12. The molecule has 1 unspecified atom stereocenters. The summed E-state index contributed by atoms with van der Waals surface area (Å²) >= 11 is 0. The average Bonchev–Trinajstić information content (AvgIpc) is 3.22. The van der Waals surface area contributed by atoms with Crippen LogP contribution in [0.2, 0.25) is 0 Å². The van der Waals surface area contributed by atoms with Crippen LogP contribution < -0.4 is 45.0 Å². The molecule has 0 amide bonds. The number of nitrogens with two attached hydrogens (primary N) is 3. The minimum atomic E-state index is -5.49. The Hall–Kier alpha value is -5.12. The van der Waals surface area contributed by atoms with Gasteiger partial charge in [-0.3, -0.25) is 0 Å². The van der Waals surface area contributed by atoms with Crippen molar-refractivity contribution in [2.24, 2.45) is 21.7 Å². The Balaban J connectivity index is 1.57. The summed E-state index contributed by atoms with van der Waals surface area (Å²) < 4.78 is 37.2. The summed E-state index contributed by atoms with van der Waals surface area (Å²) in [5, 5.41) is 0. The maximum atomic E-state index is 7.32. The van der Waals surface area contributed by atoms with E-state index in [0.29, 0.717) is 51.2 Å². The fraction of sp³-hybridized carbons (Fsp3) is 0.0769. The van der Waals surface area contributed by atoms with Gasteiger partial charge in [0, 0.05) is 0 Å². The molecule has 6 aromatic carbocycles. The molecule has 1 aliphatic rings. The van der Waals surface area contributed by atoms with Crippen LogP contribution in [0.5, 0.6) is 34.5 Å². The van der Waals surface area contributed by atoms with Crippen LogP contribution >= 0.6 is 24.6 Å². The Morgan fingerprint density at radius 2 is 0.852 bits per heavy atom. The summed E-state index contributed by atoms with van der Waals surface area (Å²) in [6.07, 6.45) is 0. The van der Waals surface area contributed by atoms with Crippen molar-refractivity contribution in [3.63, 3.8) is 0 Å². The number of para-hydroxylation sites is 6. The zero-order valence-corrected chi connectivity index (χ0v) is 31.8. The van der Waals surface area contributed by atoms with E-state index in [0.717, 1.165) is 0 Å². The van der Waals surface area contributed by atoms with Crippen LogP contribution in [0.4, 0.5) is 0 Å². The molecule has 54 heavy (non-hydrogen) atoms. The summed E-state index contributed by atoms with van der Waals surface area (Å²) in [5.41, 5.74) is 21.0. The van der Waals surface area contributed by atoms with Gasteiger partial charge in [0.1, 0.15) is 0 Å². The fourth-order valence-corrected chi connectivity index (χ4v) is 13.1. The predicted molar refractivity (Wildman–Crippen MR) is 213 cm³/mol. The molecule has 6 N–H and O–H groups in total. The van der Waals surface area contributed by atoms with Crippen LogP contribution in [0.15, 0.2) is 168 Å². The molecule has 0 fully saturated rings. The van der Waals surface area contributed by atoms with Crippen LogP contribution in [0.25, 0.3) is 0 Å². The van der Waals surface area contributed by atoms with E-state index in [1.807, 2.05) is 133 Å². The monoisotopic (exact) mass is 780 g/mol. The molecule has 276 valence electrons. The SMILES string of the molecule is NCc1ccccc1OP1(Oc2ccccc2CN)(Oc2ccccc2CN)N=PN(Oc2ccccc2)P(Oc2ccccc2)N1Oc1ccccc1. The average molecular weight is 781 g/mol. The zero-order chi connectivity index (χ0) is 37.2. The van der Waals surface area contributed by atoms with Gasteiger partial charge in [-0.2, -0.15) is 0 Å². The van der Waals surface area contributed by atoms with Crippen molar-refractivity contribution in [2.75, 3.05) is 0 Å². The summed E-state index contributed by atoms with van der Waals surface area (Å²) in [6, 6.07) is 49.9. The zero-order valence-electron chi connectivity index (χ0n) is 29.1. The van der Waals surface area contributed by atoms with Gasteiger partial charge >= 0.3 is 318 Å². The van der Waals surface area contributed by atoms with Gasteiger partial charge in [0.25, 0.3) is 0 Å². The van der Waals surface area contributed by atoms with Gasteiger partial charge in [0.2, 0.25) is 0 Å². The van der Waals surface area contributed by atoms with E-state index < -0.39 is 16.0 Å². The molecule has 0 spiro atoms. The molecule has 15 heteroatoms. The van der Waals surface area contributed by atoms with Crippen molar-refractivity contribution in [2.45, 2.75) is 19.6 Å². The van der Waals surface area contributed by atoms with Crippen molar-refractivity contribution in [3.8, 4) is 34.5 Å². The third-order valence-corrected chi connectivity index (χ3v) is 15.1. The predicted octanol–water partition coefficient (Wildman–Crippen LogP) is 9.68. The number of benzene rings is 6. The minimum absolute atomic E-state index is 0.136. The first kappa shape index (κ1) is 37.2. The Bertz CT molecular complexity index is 2050. The Kier molecular flexibility index (Phi) is 11.7. The molecule has 6 aromatic rings. The van der Waals surface area contributed by atoms with E-state index in [9.17, 15) is 0 Å². The molecule has 7 rings (SSSR count). The third kappa shape index (κ3) is 8.03. The summed E-state index contributed by atoms with van der Waals surface area (Å²) in [7, 11) is -7.58. The fourth-order valence-electron chi connectivity index (χ4n) is 5.32. The van der Waals surface area contributed by atoms with Crippen molar-refractivity contribution >= 4 is 24.6 Å². The molecule has 0 bridgehead atoms. The van der Waals surface area contributed by atoms with Gasteiger partial charge in [-0.15, -0.1) is 0 Å². The second kappa shape index (κ2) is 16.9. The standard InChI is InChI=1S/C39H39N6O6P3/c40-28-31-16-10-13-25-37(31)49-54(50-38-26-14-11-17-32(38)29-41,51-39-27-15-12-18-33(39)30-42)43-52-44(46-34-19-4-1-5-20-34)53(48-36-23-8-3-9-24-36)45(54)47-35-21-6-2-7-22-35/h1-27H,28-30,40-42H2. The van der Waals surface area contributed by atoms with E-state index in [-0.39, 0.29) is 28.2 Å². The van der Waals surface area contributed by atoms with Crippen LogP contribution in [-0.4, -0.2) is 9.21 Å². The van der Waals surface area contributed by atoms with Crippen molar-refractivity contribution in [1.29, 1.82) is 0 Å². The van der Waals surface area contributed by atoms with Gasteiger partial charge in [-0.1, -0.05) is 0 Å². The molecule has 0 radical (unpaired) electrons. The number of rotatable bonds is 15. The second-order valence-electron chi connectivity index (χ2n) is 11.7. The summed E-state index contributed by atoms with van der Waals surface area (Å²) in [6.45, 7) is 0.408. The molecule has 0 saturated carbocycles. The first-order chi connectivity index (χ1) is 26.5. The van der Waals surface area contributed by atoms with E-state index in [1.165, 1.54) is 4.60 Å². The van der Waals surface area contributed by atoms with Gasteiger partial charge in [0.15, 0.2) is 0 Å². The van der Waals surface area contributed by atoms with E-state index in [1.54, 1.807) is 34.9 Å². The second-order valence-corrected chi connectivity index (χ2v) is 17.5. The van der Waals surface area contributed by atoms with Gasteiger partial charge < -0.3 is 0 Å². The third-order valence-electron chi connectivity index (χ3n) is 7.98. The first-order valence-corrected chi connectivity index (χ1v) is 20.9. The van der Waals surface area contributed by atoms with E-state index in [2.05, 4.69) is 0 Å². The molecule has 0 aromatic heterocycles. The Labute approximate surface area is 317 Å². The van der Waals surface area contributed by atoms with Crippen molar-refractivity contribution in [1.82, 2.24) is 9.21 Å². The van der Waals surface area contributed by atoms with Crippen LogP contribution in [-0.2, 0) is 19.6 Å². The van der Waals surface area contributed by atoms with Crippen LogP contribution in [0.3, 0.4) is 0 Å². The van der Waals surface area contributed by atoms with Crippen LogP contribution in [0, 0.1) is 0 Å². The first-order valence-electron chi connectivity index (χ1n) is 17.0. The molecule has 1 aliphatic heterocycles. The molecule has 1 heterocycles. The quantitative estimate of drug-likeness (QED) is 0.0854. The number of hydrogen-bond donors (Lipinski definition) is 3. The molecule has 0 saturated heterocycles. The summed E-state index contributed by atoms with van der Waals surface area (Å²) in [4.78, 5) is 13.5. The number of nitrogens with zero attached hydrogens (tertiary/aromatic N) is 3. The maximum absolute atomic E-state index is 7.32. The molecule has 0 aliphatic carbocycles. The molecule has 12 nitrogen and oxygen atoms in total. The van der Waals surface area contributed by atoms with Crippen LogP contribution in [0.1, 0.15) is 16.7 Å². The van der Waals surface area contributed by atoms with Gasteiger partial charge in [-0.05, 0) is 0 Å². The Morgan fingerprint density at radius 3 is 1.28 bits per heavy atom. The normalized spacial score (nSPS) is 17.3. The van der Waals surface area contributed by atoms with Crippen molar-refractivity contribution in [3.05, 3.63) is 180 Å².